The average molecular weight is 659 g/mol. The van der Waals surface area contributed by atoms with Gasteiger partial charge in [-0.1, -0.05) is 98.6 Å². The van der Waals surface area contributed by atoms with E-state index in [0.717, 1.165) is 51.9 Å². The summed E-state index contributed by atoms with van der Waals surface area (Å²) in [5.74, 6) is -14.4. The number of ether oxygens (including phenoxy) is 1. The zero-order valence-corrected chi connectivity index (χ0v) is 24.5. The summed E-state index contributed by atoms with van der Waals surface area (Å²) in [6.45, 7) is 0.123. The number of carbonyl (C=O) groups is 1. The number of carbonyl (C=O) groups excluding carboxylic acids is 1. The van der Waals surface area contributed by atoms with Gasteiger partial charge in [-0.2, -0.15) is 26.3 Å². The first-order valence-electron chi connectivity index (χ1n) is 10.6. The molecule has 0 N–H and O–H groups in total. The van der Waals surface area contributed by atoms with Gasteiger partial charge in [-0.15, -0.1) is 0 Å². The van der Waals surface area contributed by atoms with Crippen molar-refractivity contribution in [3.63, 3.8) is 0 Å². The van der Waals surface area contributed by atoms with Gasteiger partial charge in [-0.3, -0.25) is 4.79 Å². The molecule has 0 spiro atoms. The fourth-order valence-electron chi connectivity index (χ4n) is 3.52. The minimum absolute atomic E-state index is 0.123. The van der Waals surface area contributed by atoms with Crippen molar-refractivity contribution in [2.45, 2.75) is 55.1 Å². The van der Waals surface area contributed by atoms with E-state index in [9.17, 15) is 31.1 Å². The van der Waals surface area contributed by atoms with Gasteiger partial charge in [0.1, 0.15) is 6.61 Å². The second-order valence-electron chi connectivity index (χ2n) is 7.98. The van der Waals surface area contributed by atoms with E-state index in [4.69, 9.17) is 4.74 Å². The number of thioether (sulfide) groups is 6. The van der Waals surface area contributed by atoms with Gasteiger partial charge in [0, 0.05) is 22.3 Å². The molecule has 2 nitrogen and oxygen atoms in total. The molecule has 0 aromatic carbocycles. The summed E-state index contributed by atoms with van der Waals surface area (Å²) in [6, 6.07) is 0. The number of hydrogen-bond donors (Lipinski definition) is 0. The van der Waals surface area contributed by atoms with E-state index >= 15 is 0 Å². The Morgan fingerprint density at radius 2 is 1.53 bits per heavy atom. The maximum atomic E-state index is 14.1. The van der Waals surface area contributed by atoms with Gasteiger partial charge in [0.05, 0.1) is 26.8 Å². The van der Waals surface area contributed by atoms with Gasteiger partial charge in [-0.05, 0) is 24.7 Å². The van der Waals surface area contributed by atoms with Gasteiger partial charge < -0.3 is 4.74 Å². The lowest BCUT2D eigenvalue weighted by molar-refractivity contribution is -0.261. The van der Waals surface area contributed by atoms with E-state index in [1.165, 1.54) is 35.7 Å². The van der Waals surface area contributed by atoms with Crippen molar-refractivity contribution in [2.75, 3.05) is 12.4 Å². The third-order valence-corrected chi connectivity index (χ3v) is 17.2. The highest BCUT2D eigenvalue weighted by atomic mass is 33.1. The molecule has 0 radical (unpaired) electrons. The van der Waals surface area contributed by atoms with Crippen molar-refractivity contribution >= 4 is 98.1 Å². The van der Waals surface area contributed by atoms with Crippen LogP contribution in [0, 0.1) is 0 Å². The summed E-state index contributed by atoms with van der Waals surface area (Å²) < 4.78 is 91.6. The van der Waals surface area contributed by atoms with Crippen molar-refractivity contribution < 1.29 is 35.9 Å². The third kappa shape index (κ3) is 5.28. The zero-order valence-electron chi connectivity index (χ0n) is 18.0. The molecule has 4 heterocycles. The van der Waals surface area contributed by atoms with Gasteiger partial charge in [0.2, 0.25) is 0 Å². The van der Waals surface area contributed by atoms with Crippen molar-refractivity contribution in [3.8, 4) is 0 Å². The Balaban J connectivity index is 1.10. The van der Waals surface area contributed by atoms with E-state index < -0.39 is 27.6 Å². The van der Waals surface area contributed by atoms with Crippen LogP contribution < -0.4 is 0 Å². The molecule has 1 unspecified atom stereocenters. The summed E-state index contributed by atoms with van der Waals surface area (Å²) >= 11 is 5.58. The Labute approximate surface area is 237 Å². The van der Waals surface area contributed by atoms with E-state index in [2.05, 4.69) is 0 Å². The predicted molar refractivity (Wildman–Crippen MR) is 147 cm³/mol. The Hall–Kier alpha value is 0.810. The van der Waals surface area contributed by atoms with Crippen LogP contribution in [0.4, 0.5) is 26.3 Å². The molecule has 0 amide bonds. The SMILES string of the molecule is O=C(CCCCC1CCSS1)OCC1=CSC(=C2SC3=C(S2)SC2=C(S3)C(F)(F)C(F)(F)C2(F)F)S1. The first-order valence-corrected chi connectivity index (χ1v) is 17.9. The molecule has 1 saturated heterocycles. The number of halogens is 6. The van der Waals surface area contributed by atoms with Crippen LogP contribution in [0.2, 0.25) is 0 Å². The van der Waals surface area contributed by atoms with Crippen LogP contribution in [0.15, 0.2) is 37.1 Å². The second kappa shape index (κ2) is 11.0. The Morgan fingerprint density at radius 3 is 2.14 bits per heavy atom. The van der Waals surface area contributed by atoms with Gasteiger partial charge in [0.15, 0.2) is 0 Å². The lowest BCUT2D eigenvalue weighted by Crippen LogP contribution is -2.48. The fourth-order valence-corrected chi connectivity index (χ4v) is 15.2. The standard InChI is InChI=1S/C20H16F6O2S8/c21-18(22)12-13(19(23,24)20(18,25)26)33-17-16(32-12)34-15(35-17)14-29-8-10(31-14)7-28-11(27)4-2-1-3-9-5-6-30-36-9/h8-9H,1-7H2. The summed E-state index contributed by atoms with van der Waals surface area (Å²) in [5, 5.41) is 2.51. The molecule has 0 aromatic rings. The largest absolute Gasteiger partial charge is 0.460 e. The summed E-state index contributed by atoms with van der Waals surface area (Å²) in [5.41, 5.74) is 0. The summed E-state index contributed by atoms with van der Waals surface area (Å²) in [4.78, 5) is 10.3. The minimum Gasteiger partial charge on any atom is -0.460 e. The summed E-state index contributed by atoms with van der Waals surface area (Å²) in [6.07, 6.45) is 4.48. The third-order valence-electron chi connectivity index (χ3n) is 5.44. The summed E-state index contributed by atoms with van der Waals surface area (Å²) in [7, 11) is 3.83. The molecule has 0 aromatic heterocycles. The Bertz CT molecular complexity index is 1040. The highest BCUT2D eigenvalue weighted by Crippen LogP contribution is 2.74. The lowest BCUT2D eigenvalue weighted by atomic mass is 10.1. The molecular weight excluding hydrogens is 643 g/mol. The molecule has 198 valence electrons. The quantitative estimate of drug-likeness (QED) is 0.114. The predicted octanol–water partition coefficient (Wildman–Crippen LogP) is 9.91. The number of hydrogen-bond acceptors (Lipinski definition) is 10. The van der Waals surface area contributed by atoms with E-state index in [0.29, 0.717) is 47.9 Å². The molecule has 5 aliphatic rings. The van der Waals surface area contributed by atoms with Crippen LogP contribution in [-0.4, -0.2) is 41.3 Å². The molecule has 36 heavy (non-hydrogen) atoms. The highest BCUT2D eigenvalue weighted by Gasteiger charge is 2.81. The Kier molecular flexibility index (Phi) is 8.66. The van der Waals surface area contributed by atoms with Gasteiger partial charge >= 0.3 is 23.7 Å². The van der Waals surface area contributed by atoms with Crippen LogP contribution in [0.5, 0.6) is 0 Å². The minimum atomic E-state index is -5.46. The van der Waals surface area contributed by atoms with Gasteiger partial charge in [-0.25, -0.2) is 0 Å². The van der Waals surface area contributed by atoms with Crippen LogP contribution in [0.1, 0.15) is 32.1 Å². The van der Waals surface area contributed by atoms with E-state index in [1.807, 2.05) is 27.0 Å². The first-order chi connectivity index (χ1) is 17.0. The molecule has 5 rings (SSSR count). The van der Waals surface area contributed by atoms with Crippen molar-refractivity contribution in [1.82, 2.24) is 0 Å². The molecular formula is C20H16F6O2S8. The van der Waals surface area contributed by atoms with Crippen LogP contribution in [-0.2, 0) is 9.53 Å². The molecule has 1 aliphatic carbocycles. The number of esters is 1. The van der Waals surface area contributed by atoms with Crippen molar-refractivity contribution in [1.29, 1.82) is 0 Å². The first kappa shape index (κ1) is 28.3. The monoisotopic (exact) mass is 658 g/mol. The molecule has 0 bridgehead atoms. The Morgan fingerprint density at radius 1 is 0.889 bits per heavy atom. The normalized spacial score (nSPS) is 28.1. The number of alkyl halides is 6. The van der Waals surface area contributed by atoms with Crippen LogP contribution >= 0.6 is 92.2 Å². The zero-order chi connectivity index (χ0) is 25.7. The maximum absolute atomic E-state index is 14.1. The number of rotatable bonds is 7. The molecule has 1 atom stereocenters. The average Bonchev–Trinajstić information content (AvgIpc) is 3.60. The lowest BCUT2D eigenvalue weighted by Gasteiger charge is -2.24. The molecule has 16 heteroatoms. The highest BCUT2D eigenvalue weighted by molar-refractivity contribution is 8.77. The molecule has 4 aliphatic heterocycles. The second-order valence-corrected chi connectivity index (χ2v) is 17.9. The van der Waals surface area contributed by atoms with Crippen molar-refractivity contribution in [3.05, 3.63) is 37.1 Å². The molecule has 1 fully saturated rings. The van der Waals surface area contributed by atoms with Crippen molar-refractivity contribution in [2.24, 2.45) is 0 Å². The van der Waals surface area contributed by atoms with E-state index in [-0.39, 0.29) is 12.6 Å². The van der Waals surface area contributed by atoms with Gasteiger partial charge in [0.25, 0.3) is 0 Å². The number of unbranched alkanes of at least 4 members (excludes halogenated alkanes) is 1. The molecule has 0 saturated carbocycles. The maximum Gasteiger partial charge on any atom is 0.381 e. The fraction of sp³-hybridized carbons (Fsp3) is 0.550. The van der Waals surface area contributed by atoms with Crippen LogP contribution in [0.3, 0.4) is 0 Å². The van der Waals surface area contributed by atoms with Crippen LogP contribution in [0.25, 0.3) is 0 Å². The van der Waals surface area contributed by atoms with E-state index in [1.54, 1.807) is 0 Å². The topological polar surface area (TPSA) is 26.3 Å². The number of allylic oxidation sites excluding steroid dienone is 2. The smallest absolute Gasteiger partial charge is 0.381 e.